The van der Waals surface area contributed by atoms with Gasteiger partial charge in [-0.05, 0) is 24.3 Å². The number of nitrogens with zero attached hydrogens (tertiary/aromatic N) is 3. The Labute approximate surface area is 167 Å². The second kappa shape index (κ2) is 8.21. The molecule has 2 aromatic carbocycles. The topological polar surface area (TPSA) is 58.8 Å². The quantitative estimate of drug-likeness (QED) is 0.669. The molecule has 1 aromatic heterocycles. The van der Waals surface area contributed by atoms with Gasteiger partial charge >= 0.3 is 0 Å². The van der Waals surface area contributed by atoms with E-state index >= 15 is 0 Å². The monoisotopic (exact) mass is 390 g/mol. The Kier molecular flexibility index (Phi) is 5.33. The van der Waals surface area contributed by atoms with Crippen molar-refractivity contribution in [2.75, 3.05) is 36.5 Å². The number of rotatable bonds is 4. The average Bonchev–Trinajstić information content (AvgIpc) is 3.22. The molecule has 0 atom stereocenters. The van der Waals surface area contributed by atoms with E-state index in [0.717, 1.165) is 37.6 Å². The summed E-state index contributed by atoms with van der Waals surface area (Å²) in [5, 5.41) is 5.20. The Balaban J connectivity index is 1.45. The lowest BCUT2D eigenvalue weighted by molar-refractivity contribution is 0.102. The molecule has 7 heteroatoms. The van der Waals surface area contributed by atoms with Gasteiger partial charge in [0.05, 0.1) is 25.5 Å². The average molecular weight is 390 g/mol. The Morgan fingerprint density at radius 3 is 2.64 bits per heavy atom. The molecule has 0 aliphatic carbocycles. The van der Waals surface area contributed by atoms with E-state index in [1.165, 1.54) is 11.3 Å². The number of hydrogen-bond acceptors (Lipinski definition) is 5. The van der Waals surface area contributed by atoms with Gasteiger partial charge in [-0.1, -0.05) is 24.3 Å². The Morgan fingerprint density at radius 2 is 1.89 bits per heavy atom. The number of ether oxygens (including phenoxy) is 1. The molecule has 0 unspecified atom stereocenters. The van der Waals surface area contributed by atoms with Crippen molar-refractivity contribution in [2.24, 2.45) is 0 Å². The van der Waals surface area contributed by atoms with Gasteiger partial charge in [-0.3, -0.25) is 10.1 Å². The van der Waals surface area contributed by atoms with Gasteiger partial charge in [-0.25, -0.2) is 9.83 Å². The highest BCUT2D eigenvalue weighted by atomic mass is 32.1. The summed E-state index contributed by atoms with van der Waals surface area (Å²) in [5.74, 6) is -0.201. The van der Waals surface area contributed by atoms with Crippen molar-refractivity contribution in [1.29, 1.82) is 0 Å². The van der Waals surface area contributed by atoms with Crippen LogP contribution in [-0.2, 0) is 4.74 Å². The summed E-state index contributed by atoms with van der Waals surface area (Å²) in [7, 11) is 0. The molecule has 28 heavy (non-hydrogen) atoms. The smallest absolute Gasteiger partial charge is 0.257 e. The molecule has 6 nitrogen and oxygen atoms in total. The number of amides is 1. The SMILES string of the molecule is [C-]#[N+]c1ccccc1-c1csc(NC(=O)c2ccc(N3CCOCC3)cc2)n1. The van der Waals surface area contributed by atoms with Crippen LogP contribution in [-0.4, -0.2) is 37.2 Å². The standard InChI is InChI=1S/C21H18N4O2S/c1-22-18-5-3-2-4-17(18)19-14-28-21(23-19)24-20(26)15-6-8-16(9-7-15)25-10-12-27-13-11-25/h2-9,14H,10-13H2,(H,23,24,26). The molecule has 0 spiro atoms. The predicted octanol–water partition coefficient (Wildman–Crippen LogP) is 4.45. The van der Waals surface area contributed by atoms with E-state index in [2.05, 4.69) is 20.0 Å². The van der Waals surface area contributed by atoms with Crippen molar-refractivity contribution in [3.63, 3.8) is 0 Å². The number of nitrogens with one attached hydrogen (secondary N) is 1. The zero-order valence-corrected chi connectivity index (χ0v) is 15.9. The van der Waals surface area contributed by atoms with Crippen LogP contribution in [0.5, 0.6) is 0 Å². The van der Waals surface area contributed by atoms with E-state index in [0.29, 0.717) is 22.1 Å². The molecular formula is C21H18N4O2S. The van der Waals surface area contributed by atoms with Crippen molar-refractivity contribution in [1.82, 2.24) is 4.98 Å². The largest absolute Gasteiger partial charge is 0.378 e. The molecule has 1 aliphatic rings. The van der Waals surface area contributed by atoms with Gasteiger partial charge in [0.2, 0.25) is 0 Å². The van der Waals surface area contributed by atoms with Crippen LogP contribution < -0.4 is 10.2 Å². The van der Waals surface area contributed by atoms with E-state index in [4.69, 9.17) is 11.3 Å². The summed E-state index contributed by atoms with van der Waals surface area (Å²) in [5.41, 5.74) is 3.67. The molecule has 140 valence electrons. The van der Waals surface area contributed by atoms with Crippen LogP contribution in [0, 0.1) is 6.57 Å². The fourth-order valence-corrected chi connectivity index (χ4v) is 3.76. The zero-order valence-electron chi connectivity index (χ0n) is 15.1. The molecule has 0 radical (unpaired) electrons. The normalized spacial score (nSPS) is 13.8. The predicted molar refractivity (Wildman–Crippen MR) is 111 cm³/mol. The number of morpholine rings is 1. The third-order valence-corrected chi connectivity index (χ3v) is 5.29. The first-order chi connectivity index (χ1) is 13.7. The Morgan fingerprint density at radius 1 is 1.14 bits per heavy atom. The first-order valence-electron chi connectivity index (χ1n) is 8.91. The highest BCUT2D eigenvalue weighted by molar-refractivity contribution is 7.14. The zero-order chi connectivity index (χ0) is 19.3. The fourth-order valence-electron chi connectivity index (χ4n) is 3.06. The second-order valence-corrected chi connectivity index (χ2v) is 7.13. The van der Waals surface area contributed by atoms with E-state index in [-0.39, 0.29) is 5.91 Å². The molecule has 0 saturated carbocycles. The molecule has 1 aliphatic heterocycles. The molecule has 4 rings (SSSR count). The molecule has 1 amide bonds. The highest BCUT2D eigenvalue weighted by Gasteiger charge is 2.14. The third kappa shape index (κ3) is 3.88. The van der Waals surface area contributed by atoms with Crippen LogP contribution in [0.2, 0.25) is 0 Å². The summed E-state index contributed by atoms with van der Waals surface area (Å²) in [4.78, 5) is 22.8. The number of aromatic nitrogens is 1. The molecule has 2 heterocycles. The molecule has 1 saturated heterocycles. The van der Waals surface area contributed by atoms with E-state index in [1.807, 2.05) is 47.8 Å². The van der Waals surface area contributed by atoms with Crippen LogP contribution in [0.25, 0.3) is 16.1 Å². The van der Waals surface area contributed by atoms with Gasteiger partial charge in [0, 0.05) is 35.3 Å². The molecule has 0 bridgehead atoms. The second-order valence-electron chi connectivity index (χ2n) is 6.27. The number of anilines is 2. The maximum absolute atomic E-state index is 12.5. The maximum Gasteiger partial charge on any atom is 0.257 e. The van der Waals surface area contributed by atoms with Crippen LogP contribution in [0.15, 0.2) is 53.9 Å². The van der Waals surface area contributed by atoms with E-state index < -0.39 is 0 Å². The fraction of sp³-hybridized carbons (Fsp3) is 0.190. The minimum Gasteiger partial charge on any atom is -0.378 e. The van der Waals surface area contributed by atoms with Crippen LogP contribution >= 0.6 is 11.3 Å². The van der Waals surface area contributed by atoms with Gasteiger partial charge in [-0.15, -0.1) is 11.3 Å². The van der Waals surface area contributed by atoms with Crippen LogP contribution in [0.4, 0.5) is 16.5 Å². The summed E-state index contributed by atoms with van der Waals surface area (Å²) in [6.07, 6.45) is 0. The summed E-state index contributed by atoms with van der Waals surface area (Å²) in [6, 6.07) is 14.9. The summed E-state index contributed by atoms with van der Waals surface area (Å²) in [6.45, 7) is 10.5. The minimum absolute atomic E-state index is 0.201. The number of benzene rings is 2. The van der Waals surface area contributed by atoms with Gasteiger partial charge in [0.25, 0.3) is 5.91 Å². The molecular weight excluding hydrogens is 372 g/mol. The van der Waals surface area contributed by atoms with Crippen molar-refractivity contribution in [3.05, 3.63) is 70.9 Å². The van der Waals surface area contributed by atoms with Crippen LogP contribution in [0.1, 0.15) is 10.4 Å². The van der Waals surface area contributed by atoms with E-state index in [9.17, 15) is 4.79 Å². The number of carbonyl (C=O) groups excluding carboxylic acids is 1. The molecule has 1 fully saturated rings. The third-order valence-electron chi connectivity index (χ3n) is 4.53. The van der Waals surface area contributed by atoms with Gasteiger partial charge in [-0.2, -0.15) is 0 Å². The lowest BCUT2D eigenvalue weighted by atomic mass is 10.1. The number of para-hydroxylation sites is 1. The molecule has 3 aromatic rings. The van der Waals surface area contributed by atoms with Crippen LogP contribution in [0.3, 0.4) is 0 Å². The number of carbonyl (C=O) groups is 1. The summed E-state index contributed by atoms with van der Waals surface area (Å²) < 4.78 is 5.37. The van der Waals surface area contributed by atoms with Crippen molar-refractivity contribution < 1.29 is 9.53 Å². The van der Waals surface area contributed by atoms with Gasteiger partial charge < -0.3 is 9.64 Å². The summed E-state index contributed by atoms with van der Waals surface area (Å²) >= 11 is 1.34. The Hall–Kier alpha value is -3.21. The lowest BCUT2D eigenvalue weighted by Crippen LogP contribution is -2.36. The van der Waals surface area contributed by atoms with Crippen molar-refractivity contribution >= 4 is 33.8 Å². The van der Waals surface area contributed by atoms with Gasteiger partial charge in [0.15, 0.2) is 10.8 Å². The highest BCUT2D eigenvalue weighted by Crippen LogP contribution is 2.32. The minimum atomic E-state index is -0.201. The van der Waals surface area contributed by atoms with Crippen molar-refractivity contribution in [2.45, 2.75) is 0 Å². The van der Waals surface area contributed by atoms with Gasteiger partial charge in [0.1, 0.15) is 0 Å². The lowest BCUT2D eigenvalue weighted by Gasteiger charge is -2.28. The first kappa shape index (κ1) is 18.2. The number of hydrogen-bond donors (Lipinski definition) is 1. The molecule has 1 N–H and O–H groups in total. The Bertz CT molecular complexity index is 1020. The maximum atomic E-state index is 12.5. The van der Waals surface area contributed by atoms with E-state index in [1.54, 1.807) is 6.07 Å². The van der Waals surface area contributed by atoms with Crippen molar-refractivity contribution in [3.8, 4) is 11.3 Å². The number of thiazole rings is 1. The first-order valence-corrected chi connectivity index (χ1v) is 9.79.